The van der Waals surface area contributed by atoms with E-state index in [1.807, 2.05) is 11.8 Å². The Morgan fingerprint density at radius 3 is 2.95 bits per heavy atom. The van der Waals surface area contributed by atoms with Crippen molar-refractivity contribution in [2.75, 3.05) is 5.75 Å². The number of hydrogen-bond donors (Lipinski definition) is 1. The fourth-order valence-electron chi connectivity index (χ4n) is 3.17. The molecule has 1 fully saturated rings. The highest BCUT2D eigenvalue weighted by atomic mass is 32.2. The summed E-state index contributed by atoms with van der Waals surface area (Å²) in [6, 6.07) is 1.22. The maximum atomic E-state index is 4.96. The summed E-state index contributed by atoms with van der Waals surface area (Å²) in [5.74, 6) is 2.16. The zero-order valence-corrected chi connectivity index (χ0v) is 13.5. The Morgan fingerprint density at radius 2 is 2.11 bits per heavy atom. The molecule has 3 unspecified atom stereocenters. The number of aliphatic imine (C=N–C) groups is 1. The topological polar surface area (TPSA) is 24.4 Å². The lowest BCUT2D eigenvalue weighted by Gasteiger charge is -2.33. The van der Waals surface area contributed by atoms with E-state index in [0.29, 0.717) is 12.1 Å². The van der Waals surface area contributed by atoms with E-state index >= 15 is 0 Å². The zero-order chi connectivity index (χ0) is 13.5. The summed E-state index contributed by atoms with van der Waals surface area (Å²) in [7, 11) is 0. The van der Waals surface area contributed by atoms with E-state index in [4.69, 9.17) is 4.99 Å². The maximum absolute atomic E-state index is 4.96. The molecule has 0 spiro atoms. The fourth-order valence-corrected chi connectivity index (χ4v) is 4.42. The second-order valence-electron chi connectivity index (χ2n) is 6.25. The number of fused-ring (bicyclic) bond motifs is 1. The molecule has 2 rings (SSSR count). The van der Waals surface area contributed by atoms with E-state index in [1.54, 1.807) is 0 Å². The molecule has 2 nitrogen and oxygen atoms in total. The summed E-state index contributed by atoms with van der Waals surface area (Å²) in [5, 5.41) is 4.87. The first-order valence-corrected chi connectivity index (χ1v) is 9.25. The van der Waals surface area contributed by atoms with Gasteiger partial charge in [-0.2, -0.15) is 0 Å². The fraction of sp³-hybridized carbons (Fsp3) is 0.938. The number of amidine groups is 1. The highest BCUT2D eigenvalue weighted by molar-refractivity contribution is 8.13. The van der Waals surface area contributed by atoms with Gasteiger partial charge in [-0.05, 0) is 32.1 Å². The molecule has 0 saturated heterocycles. The molecule has 110 valence electrons. The van der Waals surface area contributed by atoms with Gasteiger partial charge in [0.2, 0.25) is 0 Å². The standard InChI is InChI=1S/C16H30N2S/c1-3-4-5-6-9-13(2)17-16-18-15-11-8-7-10-14(15)12-19-16/h13-15H,3-12H2,1-2H3,(H,17,18). The third kappa shape index (κ3) is 5.02. The van der Waals surface area contributed by atoms with Crippen LogP contribution in [0, 0.1) is 5.92 Å². The Kier molecular flexibility index (Phi) is 6.55. The summed E-state index contributed by atoms with van der Waals surface area (Å²) < 4.78 is 0. The largest absolute Gasteiger partial charge is 0.362 e. The van der Waals surface area contributed by atoms with Crippen LogP contribution in [0.2, 0.25) is 0 Å². The molecular weight excluding hydrogens is 252 g/mol. The minimum atomic E-state index is 0.586. The van der Waals surface area contributed by atoms with Crippen LogP contribution < -0.4 is 5.32 Å². The Morgan fingerprint density at radius 1 is 1.26 bits per heavy atom. The van der Waals surface area contributed by atoms with Crippen LogP contribution in [0.1, 0.15) is 71.6 Å². The Balaban J connectivity index is 1.71. The number of unbranched alkanes of at least 4 members (excludes halogenated alkanes) is 3. The normalized spacial score (nSPS) is 28.4. The number of rotatable bonds is 6. The monoisotopic (exact) mass is 282 g/mol. The summed E-state index contributed by atoms with van der Waals surface area (Å²) in [6.07, 6.45) is 12.3. The summed E-state index contributed by atoms with van der Waals surface area (Å²) in [6.45, 7) is 4.58. The molecule has 0 aromatic rings. The Labute approximate surface area is 123 Å². The van der Waals surface area contributed by atoms with Crippen LogP contribution in [0.15, 0.2) is 4.99 Å². The van der Waals surface area contributed by atoms with Gasteiger partial charge in [-0.1, -0.05) is 57.2 Å². The van der Waals surface area contributed by atoms with Crippen LogP contribution in [0.25, 0.3) is 0 Å². The molecule has 0 amide bonds. The van der Waals surface area contributed by atoms with Gasteiger partial charge in [-0.25, -0.2) is 0 Å². The van der Waals surface area contributed by atoms with Crippen molar-refractivity contribution in [3.8, 4) is 0 Å². The summed E-state index contributed by atoms with van der Waals surface area (Å²) in [4.78, 5) is 4.96. The van der Waals surface area contributed by atoms with Crippen LogP contribution >= 0.6 is 11.8 Å². The average Bonchev–Trinajstić information content (AvgIpc) is 2.43. The van der Waals surface area contributed by atoms with E-state index in [1.165, 1.54) is 68.7 Å². The van der Waals surface area contributed by atoms with Gasteiger partial charge in [-0.3, -0.25) is 4.99 Å². The molecule has 0 aromatic carbocycles. The van der Waals surface area contributed by atoms with Crippen molar-refractivity contribution in [2.45, 2.75) is 83.7 Å². The van der Waals surface area contributed by atoms with E-state index in [2.05, 4.69) is 19.2 Å². The number of thioether (sulfide) groups is 1. The van der Waals surface area contributed by atoms with E-state index < -0.39 is 0 Å². The molecule has 1 aliphatic heterocycles. The number of nitrogens with zero attached hydrogens (tertiary/aromatic N) is 1. The number of hydrogen-bond acceptors (Lipinski definition) is 3. The van der Waals surface area contributed by atoms with Crippen LogP contribution in [-0.4, -0.2) is 23.0 Å². The second-order valence-corrected chi connectivity index (χ2v) is 7.26. The number of nitrogens with one attached hydrogen (secondary N) is 1. The molecule has 3 heteroatoms. The van der Waals surface area contributed by atoms with Gasteiger partial charge in [0.15, 0.2) is 5.17 Å². The van der Waals surface area contributed by atoms with Gasteiger partial charge in [0.1, 0.15) is 0 Å². The second kappa shape index (κ2) is 8.18. The van der Waals surface area contributed by atoms with Gasteiger partial charge >= 0.3 is 0 Å². The lowest BCUT2D eigenvalue weighted by atomic mass is 9.86. The van der Waals surface area contributed by atoms with Crippen molar-refractivity contribution in [1.29, 1.82) is 0 Å². The van der Waals surface area contributed by atoms with Gasteiger partial charge in [0, 0.05) is 11.8 Å². The molecule has 19 heavy (non-hydrogen) atoms. The third-order valence-electron chi connectivity index (χ3n) is 4.45. The first-order valence-electron chi connectivity index (χ1n) is 8.26. The Bertz CT molecular complexity index is 290. The third-order valence-corrected chi connectivity index (χ3v) is 5.54. The molecule has 0 bridgehead atoms. The van der Waals surface area contributed by atoms with Crippen molar-refractivity contribution in [3.05, 3.63) is 0 Å². The smallest absolute Gasteiger partial charge is 0.157 e. The predicted octanol–water partition coefficient (Wildman–Crippen LogP) is 4.60. The zero-order valence-electron chi connectivity index (χ0n) is 12.7. The molecule has 1 aliphatic carbocycles. The van der Waals surface area contributed by atoms with Crippen molar-refractivity contribution >= 4 is 16.9 Å². The van der Waals surface area contributed by atoms with E-state index in [-0.39, 0.29) is 0 Å². The highest BCUT2D eigenvalue weighted by Crippen LogP contribution is 2.33. The van der Waals surface area contributed by atoms with Gasteiger partial charge in [-0.15, -0.1) is 0 Å². The maximum Gasteiger partial charge on any atom is 0.157 e. The molecule has 0 aromatic heterocycles. The summed E-state index contributed by atoms with van der Waals surface area (Å²) in [5.41, 5.74) is 0. The van der Waals surface area contributed by atoms with Gasteiger partial charge in [0.25, 0.3) is 0 Å². The quantitative estimate of drug-likeness (QED) is 0.720. The van der Waals surface area contributed by atoms with Crippen LogP contribution in [0.5, 0.6) is 0 Å². The van der Waals surface area contributed by atoms with Crippen molar-refractivity contribution in [2.24, 2.45) is 10.9 Å². The van der Waals surface area contributed by atoms with Crippen LogP contribution in [0.3, 0.4) is 0 Å². The first-order chi connectivity index (χ1) is 9.29. The van der Waals surface area contributed by atoms with Gasteiger partial charge in [0.05, 0.1) is 6.04 Å². The van der Waals surface area contributed by atoms with Gasteiger partial charge < -0.3 is 5.32 Å². The molecular formula is C16H30N2S. The van der Waals surface area contributed by atoms with E-state index in [9.17, 15) is 0 Å². The molecule has 0 radical (unpaired) electrons. The minimum Gasteiger partial charge on any atom is -0.362 e. The van der Waals surface area contributed by atoms with Crippen LogP contribution in [0.4, 0.5) is 0 Å². The SMILES string of the molecule is CCCCCCC(C)NC1=NC2CCCCC2CS1. The van der Waals surface area contributed by atoms with Crippen molar-refractivity contribution < 1.29 is 0 Å². The molecule has 3 atom stereocenters. The average molecular weight is 282 g/mol. The van der Waals surface area contributed by atoms with Crippen molar-refractivity contribution in [1.82, 2.24) is 5.32 Å². The molecule has 1 saturated carbocycles. The summed E-state index contributed by atoms with van der Waals surface area (Å²) >= 11 is 1.96. The minimum absolute atomic E-state index is 0.586. The van der Waals surface area contributed by atoms with E-state index in [0.717, 1.165) is 5.92 Å². The molecule has 2 aliphatic rings. The lowest BCUT2D eigenvalue weighted by Crippen LogP contribution is -2.38. The first kappa shape index (κ1) is 15.2. The predicted molar refractivity (Wildman–Crippen MR) is 87.0 cm³/mol. The van der Waals surface area contributed by atoms with Crippen molar-refractivity contribution in [3.63, 3.8) is 0 Å². The van der Waals surface area contributed by atoms with Crippen LogP contribution in [-0.2, 0) is 0 Å². The molecule has 1 N–H and O–H groups in total. The highest BCUT2D eigenvalue weighted by Gasteiger charge is 2.29. The molecule has 1 heterocycles. The Hall–Kier alpha value is -0.180. The lowest BCUT2D eigenvalue weighted by molar-refractivity contribution is 0.335.